The Bertz CT molecular complexity index is 1340. The molecule has 0 aromatic heterocycles. The zero-order valence-electron chi connectivity index (χ0n) is 25.0. The Morgan fingerprint density at radius 3 is 1.61 bits per heavy atom. The Kier molecular flexibility index (Phi) is 16.1. The molecular formula is C27H41N11O8. The minimum absolute atomic E-state index is 0.0414. The molecule has 0 aliphatic carbocycles. The van der Waals surface area contributed by atoms with E-state index in [0.29, 0.717) is 0 Å². The van der Waals surface area contributed by atoms with Crippen molar-refractivity contribution in [2.45, 2.75) is 56.7 Å². The SMILES string of the molecule is NC(=O)C(CC(=O)O)NC(=O)CC(=O)NC(CCCN=C(N)N)/C(O)=C(/C(=O)NC(CCCN=C(N)N)C(N)=O)c1ccccc1. The molecule has 0 spiro atoms. The minimum Gasteiger partial charge on any atom is -0.509 e. The fourth-order valence-corrected chi connectivity index (χ4v) is 4.01. The van der Waals surface area contributed by atoms with Crippen LogP contribution in [-0.2, 0) is 28.8 Å². The molecule has 0 saturated carbocycles. The number of aliphatic hydroxyl groups is 1. The van der Waals surface area contributed by atoms with Crippen molar-refractivity contribution in [1.29, 1.82) is 0 Å². The normalized spacial score (nSPS) is 13.0. The van der Waals surface area contributed by atoms with Gasteiger partial charge >= 0.3 is 5.97 Å². The lowest BCUT2D eigenvalue weighted by molar-refractivity contribution is -0.140. The van der Waals surface area contributed by atoms with E-state index >= 15 is 0 Å². The highest BCUT2D eigenvalue weighted by Crippen LogP contribution is 2.23. The second-order valence-electron chi connectivity index (χ2n) is 9.87. The Morgan fingerprint density at radius 2 is 1.15 bits per heavy atom. The maximum absolute atomic E-state index is 13.6. The summed E-state index contributed by atoms with van der Waals surface area (Å²) in [6, 6.07) is 3.77. The molecule has 0 heterocycles. The van der Waals surface area contributed by atoms with Crippen LogP contribution >= 0.6 is 0 Å². The van der Waals surface area contributed by atoms with Gasteiger partial charge < -0.3 is 60.6 Å². The van der Waals surface area contributed by atoms with Gasteiger partial charge in [0, 0.05) is 13.1 Å². The van der Waals surface area contributed by atoms with E-state index in [2.05, 4.69) is 25.9 Å². The highest BCUT2D eigenvalue weighted by Gasteiger charge is 2.29. The van der Waals surface area contributed by atoms with Crippen LogP contribution in [0, 0.1) is 0 Å². The summed E-state index contributed by atoms with van der Waals surface area (Å²) in [6.07, 6.45) is -1.23. The second-order valence-corrected chi connectivity index (χ2v) is 9.87. The first kappa shape index (κ1) is 38.1. The van der Waals surface area contributed by atoms with E-state index in [1.54, 1.807) is 18.2 Å². The number of aliphatic hydroxyl groups excluding tert-OH is 1. The van der Waals surface area contributed by atoms with Crippen LogP contribution in [0.15, 0.2) is 46.1 Å². The number of rotatable bonds is 20. The molecule has 5 amide bonds. The summed E-state index contributed by atoms with van der Waals surface area (Å²) in [5, 5.41) is 27.4. The molecule has 1 aromatic carbocycles. The highest BCUT2D eigenvalue weighted by atomic mass is 16.4. The van der Waals surface area contributed by atoms with E-state index in [1.165, 1.54) is 12.1 Å². The molecule has 0 radical (unpaired) electrons. The Morgan fingerprint density at radius 1 is 0.674 bits per heavy atom. The third kappa shape index (κ3) is 14.5. The number of carbonyl (C=O) groups is 6. The molecule has 3 atom stereocenters. The molecule has 1 aromatic rings. The van der Waals surface area contributed by atoms with E-state index in [9.17, 15) is 33.9 Å². The van der Waals surface area contributed by atoms with Gasteiger partial charge in [-0.05, 0) is 31.2 Å². The number of hydrogen-bond donors (Lipinski definition) is 11. The molecular weight excluding hydrogens is 606 g/mol. The van der Waals surface area contributed by atoms with Crippen molar-refractivity contribution in [3.05, 3.63) is 41.7 Å². The monoisotopic (exact) mass is 647 g/mol. The summed E-state index contributed by atoms with van der Waals surface area (Å²) < 4.78 is 0. The number of aliphatic imine (C=N–C) groups is 2. The number of nitrogens with zero attached hydrogens (tertiary/aromatic N) is 2. The molecule has 17 N–H and O–H groups in total. The molecule has 0 fully saturated rings. The number of carbonyl (C=O) groups excluding carboxylic acids is 5. The molecule has 46 heavy (non-hydrogen) atoms. The zero-order chi connectivity index (χ0) is 34.8. The number of nitrogens with one attached hydrogen (secondary N) is 3. The molecule has 19 nitrogen and oxygen atoms in total. The van der Waals surface area contributed by atoms with E-state index in [0.717, 1.165) is 0 Å². The number of amides is 5. The van der Waals surface area contributed by atoms with Crippen molar-refractivity contribution in [2.75, 3.05) is 13.1 Å². The molecule has 252 valence electrons. The maximum Gasteiger partial charge on any atom is 0.305 e. The Balaban J connectivity index is 3.39. The average molecular weight is 648 g/mol. The Labute approximate surface area is 263 Å². The third-order valence-electron chi connectivity index (χ3n) is 6.13. The standard InChI is InChI=1S/C27H41N11O8/c28-23(44)16(9-5-11-35-27(32)33)38-25(46)21(14-6-2-1-3-7-14)22(43)15(8-4-10-34-26(30)31)36-18(39)13-19(40)37-17(24(29)45)12-20(41)42/h1-3,6-7,15-17,43H,4-5,8-13H2,(H2,28,44)(H2,29,45)(H,36,39)(H,37,40)(H,38,46)(H,41,42)(H4,30,31,34)(H4,32,33,35)/b22-21-. The van der Waals surface area contributed by atoms with Crippen LogP contribution in [0.3, 0.4) is 0 Å². The number of carboxylic acid groups (broad SMARTS) is 1. The minimum atomic E-state index is -1.58. The van der Waals surface area contributed by atoms with Crippen LogP contribution in [0.4, 0.5) is 0 Å². The van der Waals surface area contributed by atoms with Gasteiger partial charge in [-0.15, -0.1) is 0 Å². The van der Waals surface area contributed by atoms with Crippen molar-refractivity contribution in [2.24, 2.45) is 44.4 Å². The summed E-state index contributed by atoms with van der Waals surface area (Å²) in [4.78, 5) is 81.1. The van der Waals surface area contributed by atoms with Gasteiger partial charge in [0.25, 0.3) is 5.91 Å². The summed E-state index contributed by atoms with van der Waals surface area (Å²) in [5.41, 5.74) is 31.8. The lowest BCUT2D eigenvalue weighted by Crippen LogP contribution is -2.48. The second kappa shape index (κ2) is 19.4. The van der Waals surface area contributed by atoms with Gasteiger partial charge in [-0.25, -0.2) is 0 Å². The lowest BCUT2D eigenvalue weighted by atomic mass is 9.97. The topological polar surface area (TPSA) is 360 Å². The maximum atomic E-state index is 13.6. The van der Waals surface area contributed by atoms with Gasteiger partial charge in [0.1, 0.15) is 24.3 Å². The van der Waals surface area contributed by atoms with Gasteiger partial charge in [-0.1, -0.05) is 30.3 Å². The number of hydrogen-bond acceptors (Lipinski definition) is 9. The molecule has 0 aliphatic rings. The smallest absolute Gasteiger partial charge is 0.305 e. The van der Waals surface area contributed by atoms with Crippen LogP contribution < -0.4 is 50.4 Å². The largest absolute Gasteiger partial charge is 0.509 e. The molecule has 19 heteroatoms. The quantitative estimate of drug-likeness (QED) is 0.0163. The number of nitrogens with two attached hydrogens (primary N) is 6. The number of primary amides is 2. The van der Waals surface area contributed by atoms with Gasteiger partial charge in [-0.3, -0.25) is 38.8 Å². The van der Waals surface area contributed by atoms with Crippen molar-refractivity contribution >= 4 is 53.0 Å². The molecule has 3 unspecified atom stereocenters. The highest BCUT2D eigenvalue weighted by molar-refractivity contribution is 6.21. The third-order valence-corrected chi connectivity index (χ3v) is 6.13. The predicted molar refractivity (Wildman–Crippen MR) is 167 cm³/mol. The van der Waals surface area contributed by atoms with Crippen LogP contribution in [0.1, 0.15) is 44.1 Å². The van der Waals surface area contributed by atoms with Crippen molar-refractivity contribution < 1.29 is 39.0 Å². The summed E-state index contributed by atoms with van der Waals surface area (Å²) in [7, 11) is 0. The van der Waals surface area contributed by atoms with Crippen LogP contribution in [0.2, 0.25) is 0 Å². The van der Waals surface area contributed by atoms with E-state index in [4.69, 9.17) is 39.5 Å². The van der Waals surface area contributed by atoms with Gasteiger partial charge in [-0.2, -0.15) is 0 Å². The summed E-state index contributed by atoms with van der Waals surface area (Å²) >= 11 is 0. The van der Waals surface area contributed by atoms with Gasteiger partial charge in [0.2, 0.25) is 23.6 Å². The molecule has 0 saturated heterocycles. The summed E-state index contributed by atoms with van der Waals surface area (Å²) in [6.45, 7) is 0.229. The number of guanidine groups is 2. The van der Waals surface area contributed by atoms with Gasteiger partial charge in [0.05, 0.1) is 18.0 Å². The Hall–Kier alpha value is -5.88. The van der Waals surface area contributed by atoms with Crippen LogP contribution in [-0.4, -0.2) is 88.9 Å². The fraction of sp³-hybridized carbons (Fsp3) is 0.407. The zero-order valence-corrected chi connectivity index (χ0v) is 25.0. The van der Waals surface area contributed by atoms with E-state index in [1.807, 2.05) is 0 Å². The van der Waals surface area contributed by atoms with Crippen molar-refractivity contribution in [1.82, 2.24) is 16.0 Å². The van der Waals surface area contributed by atoms with Crippen molar-refractivity contribution in [3.8, 4) is 0 Å². The molecule has 0 bridgehead atoms. The first-order valence-corrected chi connectivity index (χ1v) is 13.9. The number of benzene rings is 1. The fourth-order valence-electron chi connectivity index (χ4n) is 4.01. The average Bonchev–Trinajstić information content (AvgIpc) is 2.95. The molecule has 1 rings (SSSR count). The first-order chi connectivity index (χ1) is 21.6. The summed E-state index contributed by atoms with van der Waals surface area (Å²) in [5.74, 6) is -7.30. The van der Waals surface area contributed by atoms with E-state index in [-0.39, 0.29) is 61.8 Å². The first-order valence-electron chi connectivity index (χ1n) is 13.9. The van der Waals surface area contributed by atoms with Crippen LogP contribution in [0.25, 0.3) is 5.57 Å². The van der Waals surface area contributed by atoms with Gasteiger partial charge in [0.15, 0.2) is 11.9 Å². The van der Waals surface area contributed by atoms with Crippen LogP contribution in [0.5, 0.6) is 0 Å². The predicted octanol–water partition coefficient (Wildman–Crippen LogP) is -3.65. The molecule has 0 aliphatic heterocycles. The lowest BCUT2D eigenvalue weighted by Gasteiger charge is -2.23. The number of aliphatic carboxylic acids is 1. The van der Waals surface area contributed by atoms with E-state index < -0.39 is 72.2 Å². The van der Waals surface area contributed by atoms with Crippen molar-refractivity contribution in [3.63, 3.8) is 0 Å². The number of carboxylic acids is 1.